The molecular weight excluding hydrogens is 658 g/mol. The minimum absolute atomic E-state index is 0.00945. The summed E-state index contributed by atoms with van der Waals surface area (Å²) in [6.45, 7) is 1.33. The molecule has 250 valence electrons. The van der Waals surface area contributed by atoms with Crippen molar-refractivity contribution in [1.29, 1.82) is 0 Å². The maximum absolute atomic E-state index is 14.2. The summed E-state index contributed by atoms with van der Waals surface area (Å²) in [6.07, 6.45) is 11.0. The molecule has 1 aliphatic carbocycles. The van der Waals surface area contributed by atoms with Crippen molar-refractivity contribution >= 4 is 50.8 Å². The van der Waals surface area contributed by atoms with Crippen LogP contribution < -0.4 is 14.4 Å². The molecule has 1 aromatic heterocycles. The Morgan fingerprint density at radius 1 is 1.19 bits per heavy atom. The number of fused-ring (bicyclic) bond motifs is 3. The second-order valence-corrected chi connectivity index (χ2v) is 15.8. The minimum atomic E-state index is -3.48. The smallest absolute Gasteiger partial charge is 0.286 e. The van der Waals surface area contributed by atoms with Gasteiger partial charge in [0.1, 0.15) is 21.6 Å². The van der Waals surface area contributed by atoms with Crippen LogP contribution in [0.2, 0.25) is 5.02 Å². The fraction of sp³-hybridized carbons (Fsp3) is 0.441. The number of ether oxygens (including phenoxy) is 2. The Labute approximate surface area is 285 Å². The number of thioether (sulfide) groups is 1. The van der Waals surface area contributed by atoms with Crippen LogP contribution in [0.15, 0.2) is 65.3 Å². The molecule has 0 spiro atoms. The Kier molecular flexibility index (Phi) is 10.6. The van der Waals surface area contributed by atoms with Gasteiger partial charge in [-0.3, -0.25) is 19.0 Å². The highest BCUT2D eigenvalue weighted by molar-refractivity contribution is 7.99. The third-order valence-electron chi connectivity index (χ3n) is 9.08. The van der Waals surface area contributed by atoms with E-state index in [2.05, 4.69) is 31.2 Å². The molecule has 2 aromatic carbocycles. The summed E-state index contributed by atoms with van der Waals surface area (Å²) in [6, 6.07) is 11.3. The fourth-order valence-electron chi connectivity index (χ4n) is 6.41. The first-order valence-electron chi connectivity index (χ1n) is 15.9. The van der Waals surface area contributed by atoms with Gasteiger partial charge in [0.25, 0.3) is 11.8 Å². The third kappa shape index (κ3) is 8.05. The van der Waals surface area contributed by atoms with Crippen molar-refractivity contribution in [1.82, 2.24) is 14.5 Å². The standard InChI is InChI=1S/C34H40ClN5O5S2/c1-39-19-27(18-36-39)34(42)38-47(43)15-5-3-4-6-31(44-2)29-11-8-26(29)21-40-20-25-7-10-28(35)16-23(25)13-14-46-22-45-32-12-9-24(17-30(32)40)33(41)37-47/h4,6-7,9-10,12,16-19,26,29,31H,3,5,8,11,13-15,20-22H2,1-2H3,(H,37,38,41,42,43)/b6-4+/t26-,29+,31-,47?/m0/s1. The Hall–Kier alpha value is -3.32. The van der Waals surface area contributed by atoms with Crippen LogP contribution >= 0.6 is 23.4 Å². The van der Waals surface area contributed by atoms with Crippen LogP contribution in [-0.2, 0) is 34.7 Å². The number of nitrogens with one attached hydrogen (secondary N) is 1. The van der Waals surface area contributed by atoms with Gasteiger partial charge >= 0.3 is 0 Å². The number of allylic oxidation sites excluding steroid dienone is 1. The average molecular weight is 698 g/mol. The number of carbonyl (C=O) groups is 2. The number of hydrogen-bond acceptors (Lipinski definition) is 8. The summed E-state index contributed by atoms with van der Waals surface area (Å²) in [4.78, 5) is 29.1. The SMILES string of the molecule is CO[C@H]1/C=C/CCCS(=O)(NC(=O)c2cnn(C)c2)=NC(=O)c2ccc3c(c2)N(Cc2ccc(Cl)cc2CCSCO3)C[C@@H]2CC[C@H]21. The van der Waals surface area contributed by atoms with E-state index in [4.69, 9.17) is 21.1 Å². The van der Waals surface area contributed by atoms with Crippen molar-refractivity contribution in [3.8, 4) is 5.75 Å². The first-order chi connectivity index (χ1) is 22.7. The molecule has 1 fully saturated rings. The molecule has 13 heteroatoms. The van der Waals surface area contributed by atoms with E-state index in [9.17, 15) is 13.8 Å². The monoisotopic (exact) mass is 697 g/mol. The summed E-state index contributed by atoms with van der Waals surface area (Å²) in [5.74, 6) is 1.43. The zero-order valence-corrected chi connectivity index (χ0v) is 29.0. The predicted molar refractivity (Wildman–Crippen MR) is 186 cm³/mol. The van der Waals surface area contributed by atoms with E-state index in [1.54, 1.807) is 44.1 Å². The molecule has 1 N–H and O–H groups in total. The van der Waals surface area contributed by atoms with Crippen LogP contribution in [0.3, 0.4) is 0 Å². The molecular formula is C34H40ClN5O5S2. The lowest BCUT2D eigenvalue weighted by Gasteiger charge is -2.43. The lowest BCUT2D eigenvalue weighted by molar-refractivity contribution is 0.0134. The summed E-state index contributed by atoms with van der Waals surface area (Å²) in [5.41, 5.74) is 3.63. The van der Waals surface area contributed by atoms with Crippen LogP contribution in [-0.4, -0.2) is 63.0 Å². The average Bonchev–Trinajstić information content (AvgIpc) is 3.47. The zero-order chi connectivity index (χ0) is 33.0. The lowest BCUT2D eigenvalue weighted by atomic mass is 9.70. The number of aromatic nitrogens is 2. The number of anilines is 1. The van der Waals surface area contributed by atoms with E-state index in [0.717, 1.165) is 37.2 Å². The van der Waals surface area contributed by atoms with Gasteiger partial charge in [0.2, 0.25) is 0 Å². The molecule has 3 aliphatic rings. The van der Waals surface area contributed by atoms with Gasteiger partial charge in [-0.2, -0.15) is 5.10 Å². The van der Waals surface area contributed by atoms with Gasteiger partial charge in [-0.1, -0.05) is 29.8 Å². The topological polar surface area (TPSA) is 115 Å². The van der Waals surface area contributed by atoms with Crippen LogP contribution in [0, 0.1) is 11.8 Å². The lowest BCUT2D eigenvalue weighted by Crippen LogP contribution is -2.43. The van der Waals surface area contributed by atoms with Gasteiger partial charge in [-0.15, -0.1) is 16.1 Å². The highest BCUT2D eigenvalue weighted by atomic mass is 35.5. The minimum Gasteiger partial charge on any atom is -0.481 e. The number of rotatable bonds is 3. The number of methoxy groups -OCH3 is 1. The molecule has 1 unspecified atom stereocenters. The molecule has 2 bridgehead atoms. The number of amides is 2. The molecule has 2 aliphatic heterocycles. The van der Waals surface area contributed by atoms with Crippen molar-refractivity contribution in [3.63, 3.8) is 0 Å². The largest absolute Gasteiger partial charge is 0.481 e. The first kappa shape index (κ1) is 33.6. The normalized spacial score (nSPS) is 25.9. The molecule has 6 rings (SSSR count). The highest BCUT2D eigenvalue weighted by Gasteiger charge is 2.38. The van der Waals surface area contributed by atoms with Gasteiger partial charge in [0.15, 0.2) is 0 Å². The molecule has 4 atom stereocenters. The molecule has 3 aromatic rings. The molecule has 2 amide bonds. The number of aryl methyl sites for hydroxylation is 2. The van der Waals surface area contributed by atoms with Crippen molar-refractivity contribution in [3.05, 3.63) is 88.2 Å². The third-order valence-corrected chi connectivity index (χ3v) is 11.9. The Morgan fingerprint density at radius 3 is 2.83 bits per heavy atom. The maximum Gasteiger partial charge on any atom is 0.286 e. The molecule has 47 heavy (non-hydrogen) atoms. The highest BCUT2D eigenvalue weighted by Crippen LogP contribution is 2.42. The Bertz CT molecular complexity index is 1790. The quantitative estimate of drug-likeness (QED) is 0.329. The van der Waals surface area contributed by atoms with E-state index in [1.165, 1.54) is 28.2 Å². The van der Waals surface area contributed by atoms with Crippen molar-refractivity contribution in [2.75, 3.05) is 36.0 Å². The Morgan fingerprint density at radius 2 is 2.06 bits per heavy atom. The summed E-state index contributed by atoms with van der Waals surface area (Å²) in [5, 5.41) is 4.74. The number of nitrogens with zero attached hydrogens (tertiary/aromatic N) is 4. The predicted octanol–water partition coefficient (Wildman–Crippen LogP) is 6.05. The van der Waals surface area contributed by atoms with Gasteiger partial charge in [-0.05, 0) is 85.4 Å². The molecule has 1 saturated carbocycles. The molecule has 10 nitrogen and oxygen atoms in total. The van der Waals surface area contributed by atoms with Crippen LogP contribution in [0.5, 0.6) is 5.75 Å². The number of halogens is 1. The van der Waals surface area contributed by atoms with Crippen molar-refractivity contribution in [2.45, 2.75) is 44.8 Å². The van der Waals surface area contributed by atoms with Gasteiger partial charge in [0.05, 0.1) is 29.3 Å². The van der Waals surface area contributed by atoms with Crippen LogP contribution in [0.1, 0.15) is 57.5 Å². The van der Waals surface area contributed by atoms with Crippen LogP contribution in [0.4, 0.5) is 5.69 Å². The Balaban J connectivity index is 1.43. The van der Waals surface area contributed by atoms with E-state index < -0.39 is 21.7 Å². The zero-order valence-electron chi connectivity index (χ0n) is 26.6. The first-order valence-corrected chi connectivity index (χ1v) is 19.1. The fourth-order valence-corrected chi connectivity index (χ4v) is 8.87. The number of hydrogen-bond donors (Lipinski definition) is 1. The van der Waals surface area contributed by atoms with E-state index in [0.29, 0.717) is 47.9 Å². The van der Waals surface area contributed by atoms with E-state index in [1.807, 2.05) is 18.2 Å². The number of benzene rings is 2. The second-order valence-electron chi connectivity index (χ2n) is 12.2. The number of carbonyl (C=O) groups excluding carboxylic acids is 2. The maximum atomic E-state index is 14.2. The van der Waals surface area contributed by atoms with Crippen molar-refractivity contribution < 1.29 is 23.3 Å². The molecule has 0 saturated heterocycles. The molecule has 0 radical (unpaired) electrons. The van der Waals surface area contributed by atoms with Crippen molar-refractivity contribution in [2.24, 2.45) is 23.2 Å². The second kappa shape index (κ2) is 14.8. The summed E-state index contributed by atoms with van der Waals surface area (Å²) < 4.78 is 34.7. The van der Waals surface area contributed by atoms with E-state index in [-0.39, 0.29) is 23.0 Å². The summed E-state index contributed by atoms with van der Waals surface area (Å²) >= 11 is 8.13. The summed E-state index contributed by atoms with van der Waals surface area (Å²) in [7, 11) is -0.0428. The van der Waals surface area contributed by atoms with Gasteiger partial charge in [0, 0.05) is 49.8 Å². The van der Waals surface area contributed by atoms with Crippen LogP contribution in [0.25, 0.3) is 0 Å². The molecule has 3 heterocycles. The van der Waals surface area contributed by atoms with Gasteiger partial charge in [-0.25, -0.2) is 4.21 Å². The van der Waals surface area contributed by atoms with Gasteiger partial charge < -0.3 is 14.4 Å². The van der Waals surface area contributed by atoms with E-state index >= 15 is 0 Å².